The highest BCUT2D eigenvalue weighted by atomic mass is 32.1. The van der Waals surface area contributed by atoms with E-state index in [4.69, 9.17) is 4.74 Å². The van der Waals surface area contributed by atoms with E-state index in [9.17, 15) is 5.11 Å². The third kappa shape index (κ3) is 2.98. The van der Waals surface area contributed by atoms with Crippen LogP contribution >= 0.6 is 21.2 Å². The number of phenols is 1. The molecule has 2 aromatic rings. The number of benzene rings is 2. The van der Waals surface area contributed by atoms with Crippen molar-refractivity contribution in [2.45, 2.75) is 5.75 Å². The Kier molecular flexibility index (Phi) is 4.51. The van der Waals surface area contributed by atoms with E-state index in [-0.39, 0.29) is 0 Å². The molecule has 0 aliphatic rings. The Labute approximate surface area is 114 Å². The van der Waals surface area contributed by atoms with Gasteiger partial charge in [-0.25, -0.2) is 0 Å². The molecule has 0 aromatic heterocycles. The Morgan fingerprint density at radius 2 is 1.94 bits per heavy atom. The molecule has 0 saturated carbocycles. The molecule has 2 rings (SSSR count). The minimum atomic E-state index is 0.308. The van der Waals surface area contributed by atoms with Crippen LogP contribution < -0.4 is 15.3 Å². The Hall–Kier alpha value is -1.18. The largest absolute Gasteiger partial charge is 0.507 e. The highest BCUT2D eigenvalue weighted by Gasteiger charge is 2.07. The van der Waals surface area contributed by atoms with Gasteiger partial charge in [-0.2, -0.15) is 12.6 Å². The Bertz CT molecular complexity index is 543. The van der Waals surface area contributed by atoms with Crippen molar-refractivity contribution in [3.63, 3.8) is 0 Å². The van der Waals surface area contributed by atoms with Crippen LogP contribution in [0.5, 0.6) is 11.5 Å². The maximum absolute atomic E-state index is 9.89. The topological polar surface area (TPSA) is 29.5 Å². The van der Waals surface area contributed by atoms with Crippen molar-refractivity contribution in [3.8, 4) is 11.5 Å². The third-order valence-electron chi connectivity index (χ3n) is 2.66. The van der Waals surface area contributed by atoms with Gasteiger partial charge in [-0.1, -0.05) is 32.8 Å². The van der Waals surface area contributed by atoms with Crippen LogP contribution in [0.4, 0.5) is 0 Å². The number of hydrogen-bond acceptors (Lipinski definition) is 3. The van der Waals surface area contributed by atoms with Gasteiger partial charge >= 0.3 is 0 Å². The van der Waals surface area contributed by atoms with Crippen LogP contribution in [0.1, 0.15) is 5.56 Å². The second-order valence-electron chi connectivity index (χ2n) is 3.82. The molecule has 1 atom stereocenters. The zero-order valence-electron chi connectivity index (χ0n) is 10.1. The van der Waals surface area contributed by atoms with Crippen molar-refractivity contribution in [1.82, 2.24) is 0 Å². The van der Waals surface area contributed by atoms with Gasteiger partial charge in [-0.3, -0.25) is 0 Å². The Balaban J connectivity index is 2.33. The standard InChI is InChI=1S/C14H15O2PS/c1-16-11-6-7-12(15)14(8-11)17-13-5-3-2-4-10(13)9-18/h2-8,15,17-18H,9H2,1H3. The quantitative estimate of drug-likeness (QED) is 0.664. The molecule has 2 nitrogen and oxygen atoms in total. The van der Waals surface area contributed by atoms with Crippen LogP contribution in [0.2, 0.25) is 0 Å². The summed E-state index contributed by atoms with van der Waals surface area (Å²) in [6.07, 6.45) is 0. The summed E-state index contributed by atoms with van der Waals surface area (Å²) in [5.74, 6) is 1.77. The lowest BCUT2D eigenvalue weighted by atomic mass is 10.2. The minimum Gasteiger partial charge on any atom is -0.507 e. The van der Waals surface area contributed by atoms with Gasteiger partial charge in [0, 0.05) is 11.1 Å². The smallest absolute Gasteiger partial charge is 0.123 e. The molecule has 0 aliphatic heterocycles. The van der Waals surface area contributed by atoms with Crippen molar-refractivity contribution in [3.05, 3.63) is 48.0 Å². The van der Waals surface area contributed by atoms with Crippen LogP contribution in [0.25, 0.3) is 0 Å². The summed E-state index contributed by atoms with van der Waals surface area (Å²) < 4.78 is 5.18. The summed E-state index contributed by atoms with van der Waals surface area (Å²) in [6.45, 7) is 0. The number of rotatable bonds is 4. The molecule has 0 saturated heterocycles. The molecule has 0 fully saturated rings. The number of ether oxygens (including phenoxy) is 1. The lowest BCUT2D eigenvalue weighted by Crippen LogP contribution is -2.08. The number of thiol groups is 1. The first-order valence-corrected chi connectivity index (χ1v) is 7.20. The van der Waals surface area contributed by atoms with Crippen molar-refractivity contribution < 1.29 is 9.84 Å². The molecule has 0 radical (unpaired) electrons. The third-order valence-corrected chi connectivity index (χ3v) is 4.43. The van der Waals surface area contributed by atoms with Crippen LogP contribution in [0.15, 0.2) is 42.5 Å². The summed E-state index contributed by atoms with van der Waals surface area (Å²) in [7, 11) is 2.03. The Morgan fingerprint density at radius 3 is 2.67 bits per heavy atom. The Morgan fingerprint density at radius 1 is 1.17 bits per heavy atom. The average Bonchev–Trinajstić information content (AvgIpc) is 2.42. The van der Waals surface area contributed by atoms with Crippen molar-refractivity contribution in [2.75, 3.05) is 7.11 Å². The van der Waals surface area contributed by atoms with Gasteiger partial charge in [-0.15, -0.1) is 0 Å². The monoisotopic (exact) mass is 278 g/mol. The molecule has 1 unspecified atom stereocenters. The van der Waals surface area contributed by atoms with Crippen LogP contribution in [0.3, 0.4) is 0 Å². The summed E-state index contributed by atoms with van der Waals surface area (Å²) >= 11 is 4.33. The van der Waals surface area contributed by atoms with Crippen molar-refractivity contribution in [2.24, 2.45) is 0 Å². The molecule has 0 amide bonds. The molecular weight excluding hydrogens is 263 g/mol. The lowest BCUT2D eigenvalue weighted by molar-refractivity contribution is 0.413. The van der Waals surface area contributed by atoms with E-state index in [1.54, 1.807) is 19.2 Å². The maximum atomic E-state index is 9.89. The summed E-state index contributed by atoms with van der Waals surface area (Å²) in [5, 5.41) is 12.0. The van der Waals surface area contributed by atoms with Gasteiger partial charge in [0.15, 0.2) is 0 Å². The van der Waals surface area contributed by atoms with E-state index < -0.39 is 0 Å². The maximum Gasteiger partial charge on any atom is 0.123 e. The van der Waals surface area contributed by atoms with Gasteiger partial charge in [0.05, 0.1) is 7.11 Å². The van der Waals surface area contributed by atoms with Crippen LogP contribution in [-0.2, 0) is 5.75 Å². The van der Waals surface area contributed by atoms with Gasteiger partial charge in [-0.05, 0) is 29.1 Å². The lowest BCUT2D eigenvalue weighted by Gasteiger charge is -2.10. The fourth-order valence-corrected chi connectivity index (χ4v) is 3.32. The number of aromatic hydroxyl groups is 1. The second-order valence-corrected chi connectivity index (χ2v) is 5.47. The molecule has 2 aromatic carbocycles. The van der Waals surface area contributed by atoms with Crippen molar-refractivity contribution >= 4 is 31.8 Å². The first kappa shape index (κ1) is 13.3. The van der Waals surface area contributed by atoms with E-state index in [0.717, 1.165) is 11.1 Å². The van der Waals surface area contributed by atoms with E-state index in [1.165, 1.54) is 10.9 Å². The van der Waals surface area contributed by atoms with Gasteiger partial charge < -0.3 is 9.84 Å². The van der Waals surface area contributed by atoms with E-state index in [2.05, 4.69) is 24.8 Å². The fourth-order valence-electron chi connectivity index (χ4n) is 1.67. The normalized spacial score (nSPS) is 11.0. The molecule has 0 heterocycles. The van der Waals surface area contributed by atoms with Crippen LogP contribution in [0, 0.1) is 0 Å². The van der Waals surface area contributed by atoms with E-state index in [0.29, 0.717) is 20.1 Å². The zero-order chi connectivity index (χ0) is 13.0. The summed E-state index contributed by atoms with van der Waals surface area (Å²) in [5.41, 5.74) is 1.20. The first-order chi connectivity index (χ1) is 8.74. The predicted octanol–water partition coefficient (Wildman–Crippen LogP) is 2.46. The predicted molar refractivity (Wildman–Crippen MR) is 81.4 cm³/mol. The minimum absolute atomic E-state index is 0.308. The van der Waals surface area contributed by atoms with Gasteiger partial charge in [0.2, 0.25) is 0 Å². The van der Waals surface area contributed by atoms with E-state index >= 15 is 0 Å². The molecular formula is C14H15O2PS. The molecule has 0 bridgehead atoms. The van der Waals surface area contributed by atoms with Crippen molar-refractivity contribution in [1.29, 1.82) is 0 Å². The summed E-state index contributed by atoms with van der Waals surface area (Å²) in [4.78, 5) is 0. The SMILES string of the molecule is COc1ccc(O)c(Pc2ccccc2CS)c1. The first-order valence-electron chi connectivity index (χ1n) is 5.57. The molecule has 1 N–H and O–H groups in total. The number of hydrogen-bond donors (Lipinski definition) is 2. The molecule has 4 heteroatoms. The summed E-state index contributed by atoms with van der Waals surface area (Å²) in [6, 6.07) is 13.5. The molecule has 94 valence electrons. The van der Waals surface area contributed by atoms with E-state index in [1.807, 2.05) is 18.2 Å². The second kappa shape index (κ2) is 6.12. The number of phenolic OH excluding ortho intramolecular Hbond substituents is 1. The van der Waals surface area contributed by atoms with Gasteiger partial charge in [0.1, 0.15) is 11.5 Å². The average molecular weight is 278 g/mol. The molecule has 0 aliphatic carbocycles. The highest BCUT2D eigenvalue weighted by Crippen LogP contribution is 2.24. The van der Waals surface area contributed by atoms with Gasteiger partial charge in [0.25, 0.3) is 0 Å². The fraction of sp³-hybridized carbons (Fsp3) is 0.143. The van der Waals surface area contributed by atoms with Crippen LogP contribution in [-0.4, -0.2) is 12.2 Å². The molecule has 0 spiro atoms. The molecule has 18 heavy (non-hydrogen) atoms. The highest BCUT2D eigenvalue weighted by molar-refractivity contribution is 7.79. The zero-order valence-corrected chi connectivity index (χ0v) is 11.9. The number of methoxy groups -OCH3 is 1.